The molecule has 0 spiro atoms. The van der Waals surface area contributed by atoms with Crippen LogP contribution in [-0.2, 0) is 17.4 Å². The Morgan fingerprint density at radius 3 is 2.48 bits per heavy atom. The second-order valence-corrected chi connectivity index (χ2v) is 7.22. The molecule has 4 nitrogen and oxygen atoms in total. The number of rotatable bonds is 4. The molecule has 0 saturated heterocycles. The lowest BCUT2D eigenvalue weighted by Crippen LogP contribution is -2.15. The number of aromatic nitrogens is 2. The summed E-state index contributed by atoms with van der Waals surface area (Å²) in [5.41, 5.74) is 1.19. The van der Waals surface area contributed by atoms with Gasteiger partial charge in [-0.15, -0.1) is 0 Å². The van der Waals surface area contributed by atoms with E-state index >= 15 is 0 Å². The Kier molecular flexibility index (Phi) is 5.61. The summed E-state index contributed by atoms with van der Waals surface area (Å²) in [6, 6.07) is 18.7. The van der Waals surface area contributed by atoms with Gasteiger partial charge in [0.15, 0.2) is 0 Å². The van der Waals surface area contributed by atoms with Crippen molar-refractivity contribution in [1.82, 2.24) is 9.97 Å². The normalized spacial score (nSPS) is 11.5. The molecular weight excluding hydrogens is 427 g/mol. The first kappa shape index (κ1) is 20.8. The first-order valence-corrected chi connectivity index (χ1v) is 9.66. The van der Waals surface area contributed by atoms with E-state index in [2.05, 4.69) is 15.3 Å². The molecule has 0 unspecified atom stereocenters. The van der Waals surface area contributed by atoms with Crippen molar-refractivity contribution < 1.29 is 18.0 Å². The second-order valence-electron chi connectivity index (χ2n) is 6.83. The number of hydrogen-bond donors (Lipinski definition) is 1. The molecular formula is C23H15ClF3N3O. The second kappa shape index (κ2) is 8.35. The number of alkyl halides is 3. The Morgan fingerprint density at radius 2 is 1.71 bits per heavy atom. The first-order valence-electron chi connectivity index (χ1n) is 9.28. The monoisotopic (exact) mass is 441 g/mol. The molecule has 4 rings (SSSR count). The van der Waals surface area contributed by atoms with E-state index in [1.54, 1.807) is 48.5 Å². The van der Waals surface area contributed by atoms with Gasteiger partial charge in [0.1, 0.15) is 11.0 Å². The lowest BCUT2D eigenvalue weighted by atomic mass is 10.0. The van der Waals surface area contributed by atoms with Crippen LogP contribution >= 0.6 is 11.6 Å². The molecule has 0 aliphatic heterocycles. The van der Waals surface area contributed by atoms with Crippen molar-refractivity contribution in [2.75, 3.05) is 5.32 Å². The van der Waals surface area contributed by atoms with Gasteiger partial charge in [-0.05, 0) is 35.9 Å². The third-order valence-corrected chi connectivity index (χ3v) is 4.83. The number of benzene rings is 2. The molecule has 0 radical (unpaired) electrons. The smallest absolute Gasteiger partial charge is 0.310 e. The minimum absolute atomic E-state index is 0.0184. The SMILES string of the molecule is O=C(Cc1cccc2ccc(-c3cccc(C(F)(F)F)c3)nc12)Nc1cccc(Cl)n1. The summed E-state index contributed by atoms with van der Waals surface area (Å²) in [6.07, 6.45) is -4.42. The number of halogens is 4. The fourth-order valence-electron chi connectivity index (χ4n) is 3.20. The summed E-state index contributed by atoms with van der Waals surface area (Å²) in [4.78, 5) is 21.1. The predicted octanol–water partition coefficient (Wildman–Crippen LogP) is 6.15. The molecule has 1 amide bonds. The van der Waals surface area contributed by atoms with Gasteiger partial charge in [-0.1, -0.05) is 54.1 Å². The topological polar surface area (TPSA) is 54.9 Å². The molecule has 0 fully saturated rings. The minimum Gasteiger partial charge on any atom is -0.310 e. The van der Waals surface area contributed by atoms with E-state index in [0.29, 0.717) is 28.2 Å². The third-order valence-electron chi connectivity index (χ3n) is 4.62. The Balaban J connectivity index is 1.66. The largest absolute Gasteiger partial charge is 0.416 e. The highest BCUT2D eigenvalue weighted by Gasteiger charge is 2.30. The number of carbonyl (C=O) groups is 1. The number of pyridine rings is 2. The molecule has 0 aliphatic carbocycles. The Labute approximate surface area is 180 Å². The first-order chi connectivity index (χ1) is 14.8. The summed E-state index contributed by atoms with van der Waals surface area (Å²) < 4.78 is 39.2. The molecule has 2 aromatic heterocycles. The lowest BCUT2D eigenvalue weighted by Gasteiger charge is -2.11. The van der Waals surface area contributed by atoms with Crippen LogP contribution in [0.2, 0.25) is 5.15 Å². The van der Waals surface area contributed by atoms with Crippen LogP contribution in [0.15, 0.2) is 72.8 Å². The molecule has 31 heavy (non-hydrogen) atoms. The van der Waals surface area contributed by atoms with E-state index < -0.39 is 11.7 Å². The summed E-state index contributed by atoms with van der Waals surface area (Å²) >= 11 is 5.84. The number of nitrogens with zero attached hydrogens (tertiary/aromatic N) is 2. The van der Waals surface area contributed by atoms with Gasteiger partial charge in [0.25, 0.3) is 0 Å². The zero-order chi connectivity index (χ0) is 22.0. The molecule has 8 heteroatoms. The third kappa shape index (κ3) is 4.83. The highest BCUT2D eigenvalue weighted by molar-refractivity contribution is 6.29. The Bertz CT molecular complexity index is 1270. The molecule has 1 N–H and O–H groups in total. The van der Waals surface area contributed by atoms with E-state index in [1.165, 1.54) is 6.07 Å². The van der Waals surface area contributed by atoms with Gasteiger partial charge in [-0.3, -0.25) is 4.79 Å². The molecule has 156 valence electrons. The predicted molar refractivity (Wildman–Crippen MR) is 114 cm³/mol. The minimum atomic E-state index is -4.44. The quantitative estimate of drug-likeness (QED) is 0.386. The van der Waals surface area contributed by atoms with Crippen LogP contribution in [0.4, 0.5) is 19.0 Å². The van der Waals surface area contributed by atoms with Crippen molar-refractivity contribution in [3.63, 3.8) is 0 Å². The maximum absolute atomic E-state index is 13.1. The number of hydrogen-bond acceptors (Lipinski definition) is 3. The fraction of sp³-hybridized carbons (Fsp3) is 0.0870. The van der Waals surface area contributed by atoms with Gasteiger partial charge < -0.3 is 5.32 Å². The average molecular weight is 442 g/mol. The Hall–Kier alpha value is -3.45. The van der Waals surface area contributed by atoms with Crippen molar-refractivity contribution in [3.05, 3.63) is 89.1 Å². The zero-order valence-corrected chi connectivity index (χ0v) is 16.7. The number of nitrogens with one attached hydrogen (secondary N) is 1. The number of para-hydroxylation sites is 1. The number of carbonyl (C=O) groups excluding carboxylic acids is 1. The molecule has 0 atom stereocenters. The summed E-state index contributed by atoms with van der Waals surface area (Å²) in [7, 11) is 0. The van der Waals surface area contributed by atoms with Gasteiger partial charge in [0.2, 0.25) is 5.91 Å². The maximum atomic E-state index is 13.1. The van der Waals surface area contributed by atoms with Crippen LogP contribution in [0.25, 0.3) is 22.2 Å². The van der Waals surface area contributed by atoms with Gasteiger partial charge >= 0.3 is 6.18 Å². The zero-order valence-electron chi connectivity index (χ0n) is 15.9. The number of fused-ring (bicyclic) bond motifs is 1. The van der Waals surface area contributed by atoms with Crippen molar-refractivity contribution in [1.29, 1.82) is 0 Å². The van der Waals surface area contributed by atoms with Gasteiger partial charge in [0.05, 0.1) is 23.2 Å². The summed E-state index contributed by atoms with van der Waals surface area (Å²) in [6.45, 7) is 0. The maximum Gasteiger partial charge on any atom is 0.416 e. The van der Waals surface area contributed by atoms with Gasteiger partial charge in [0, 0.05) is 10.9 Å². The number of amides is 1. The summed E-state index contributed by atoms with van der Waals surface area (Å²) in [5, 5.41) is 3.72. The van der Waals surface area contributed by atoms with Crippen LogP contribution < -0.4 is 5.32 Å². The van der Waals surface area contributed by atoms with Gasteiger partial charge in [-0.2, -0.15) is 13.2 Å². The van der Waals surface area contributed by atoms with Crippen molar-refractivity contribution in [2.45, 2.75) is 12.6 Å². The molecule has 2 aromatic carbocycles. The fourth-order valence-corrected chi connectivity index (χ4v) is 3.37. The highest BCUT2D eigenvalue weighted by atomic mass is 35.5. The van der Waals surface area contributed by atoms with Gasteiger partial charge in [-0.25, -0.2) is 9.97 Å². The molecule has 0 aliphatic rings. The van der Waals surface area contributed by atoms with Crippen molar-refractivity contribution in [2.24, 2.45) is 0 Å². The van der Waals surface area contributed by atoms with E-state index in [9.17, 15) is 18.0 Å². The standard InChI is InChI=1S/C23H15ClF3N3O/c24-19-8-3-9-20(29-19)30-21(31)13-16-6-1-4-14-10-11-18(28-22(14)16)15-5-2-7-17(12-15)23(25,26)27/h1-12H,13H2,(H,29,30,31). The van der Waals surface area contributed by atoms with Crippen LogP contribution in [0.5, 0.6) is 0 Å². The van der Waals surface area contributed by atoms with Crippen LogP contribution in [0.3, 0.4) is 0 Å². The van der Waals surface area contributed by atoms with E-state index in [1.807, 2.05) is 6.07 Å². The highest BCUT2D eigenvalue weighted by Crippen LogP contribution is 2.32. The van der Waals surface area contributed by atoms with Crippen molar-refractivity contribution in [3.8, 4) is 11.3 Å². The van der Waals surface area contributed by atoms with Crippen molar-refractivity contribution >= 4 is 34.2 Å². The van der Waals surface area contributed by atoms with E-state index in [4.69, 9.17) is 11.6 Å². The molecule has 0 bridgehead atoms. The molecule has 0 saturated carbocycles. The lowest BCUT2D eigenvalue weighted by molar-refractivity contribution is -0.137. The van der Waals surface area contributed by atoms with E-state index in [-0.39, 0.29) is 17.5 Å². The molecule has 2 heterocycles. The number of anilines is 1. The van der Waals surface area contributed by atoms with E-state index in [0.717, 1.165) is 17.5 Å². The average Bonchev–Trinajstić information content (AvgIpc) is 2.73. The van der Waals surface area contributed by atoms with Crippen LogP contribution in [0, 0.1) is 0 Å². The van der Waals surface area contributed by atoms with Crippen LogP contribution in [-0.4, -0.2) is 15.9 Å². The Morgan fingerprint density at radius 1 is 0.935 bits per heavy atom. The van der Waals surface area contributed by atoms with Crippen LogP contribution in [0.1, 0.15) is 11.1 Å². The molecule has 4 aromatic rings. The summed E-state index contributed by atoms with van der Waals surface area (Å²) in [5.74, 6) is 0.0175.